The van der Waals surface area contributed by atoms with Crippen molar-refractivity contribution in [3.8, 4) is 0 Å². The van der Waals surface area contributed by atoms with Crippen molar-refractivity contribution < 1.29 is 4.92 Å². The second-order valence-electron chi connectivity index (χ2n) is 1.83. The van der Waals surface area contributed by atoms with Crippen LogP contribution in [0.4, 0.5) is 0 Å². The molecule has 1 heterocycles. The lowest BCUT2D eigenvalue weighted by atomic mass is 10.4. The van der Waals surface area contributed by atoms with E-state index < -0.39 is 6.04 Å². The first-order valence-corrected chi connectivity index (χ1v) is 3.62. The van der Waals surface area contributed by atoms with E-state index in [2.05, 4.69) is 4.98 Å². The molecule has 0 spiro atoms. The molecule has 0 aromatic carbocycles. The van der Waals surface area contributed by atoms with Gasteiger partial charge in [-0.2, -0.15) is 0 Å². The molecule has 54 valence electrons. The van der Waals surface area contributed by atoms with E-state index in [1.807, 2.05) is 0 Å². The highest BCUT2D eigenvalue weighted by molar-refractivity contribution is 7.09. The third-order valence-corrected chi connectivity index (χ3v) is 2.07. The molecule has 0 fully saturated rings. The molecule has 1 rings (SSSR count). The summed E-state index contributed by atoms with van der Waals surface area (Å²) >= 11 is 1.31. The predicted molar refractivity (Wildman–Crippen MR) is 37.5 cm³/mol. The number of nitrogens with zero attached hydrogens (tertiary/aromatic N) is 2. The van der Waals surface area contributed by atoms with Crippen LogP contribution in [-0.2, 0) is 0 Å². The molecule has 0 saturated heterocycles. The van der Waals surface area contributed by atoms with Gasteiger partial charge in [0, 0.05) is 23.4 Å². The van der Waals surface area contributed by atoms with Crippen LogP contribution in [0, 0.1) is 10.1 Å². The Bertz CT molecular complexity index is 222. The summed E-state index contributed by atoms with van der Waals surface area (Å²) in [5.74, 6) is 0. The third-order valence-electron chi connectivity index (χ3n) is 1.13. The SMILES string of the molecule is CC(c1nccs1)[N+](=O)[O-]. The van der Waals surface area contributed by atoms with Crippen LogP contribution in [0.5, 0.6) is 0 Å². The highest BCUT2D eigenvalue weighted by atomic mass is 32.1. The minimum absolute atomic E-state index is 0.348. The Labute approximate surface area is 61.7 Å². The Morgan fingerprint density at radius 1 is 1.90 bits per heavy atom. The van der Waals surface area contributed by atoms with Gasteiger partial charge in [-0.15, -0.1) is 11.3 Å². The predicted octanol–water partition coefficient (Wildman–Crippen LogP) is 1.48. The maximum atomic E-state index is 10.2. The summed E-state index contributed by atoms with van der Waals surface area (Å²) in [7, 11) is 0. The van der Waals surface area contributed by atoms with Gasteiger partial charge < -0.3 is 0 Å². The molecule has 0 aliphatic rings. The van der Waals surface area contributed by atoms with Gasteiger partial charge in [0.05, 0.1) is 0 Å². The number of nitro groups is 1. The normalized spacial score (nSPS) is 12.9. The fourth-order valence-electron chi connectivity index (χ4n) is 0.531. The summed E-state index contributed by atoms with van der Waals surface area (Å²) in [6.07, 6.45) is 1.57. The smallest absolute Gasteiger partial charge is 0.261 e. The quantitative estimate of drug-likeness (QED) is 0.484. The average molecular weight is 158 g/mol. The summed E-state index contributed by atoms with van der Waals surface area (Å²) in [6.45, 7) is 1.53. The molecular formula is C5H6N2O2S. The first-order chi connectivity index (χ1) is 4.72. The third kappa shape index (κ3) is 1.30. The van der Waals surface area contributed by atoms with E-state index in [4.69, 9.17) is 0 Å². The molecule has 1 aromatic heterocycles. The van der Waals surface area contributed by atoms with Crippen molar-refractivity contribution in [1.82, 2.24) is 4.98 Å². The van der Waals surface area contributed by atoms with Gasteiger partial charge in [0.25, 0.3) is 6.04 Å². The highest BCUT2D eigenvalue weighted by Gasteiger charge is 2.17. The molecule has 0 aliphatic carbocycles. The van der Waals surface area contributed by atoms with Gasteiger partial charge in [0.1, 0.15) is 0 Å². The Kier molecular flexibility index (Phi) is 1.96. The van der Waals surface area contributed by atoms with Gasteiger partial charge in [0.2, 0.25) is 0 Å². The minimum atomic E-state index is -0.667. The van der Waals surface area contributed by atoms with Gasteiger partial charge in [-0.1, -0.05) is 0 Å². The Balaban J connectivity index is 2.77. The lowest BCUT2D eigenvalue weighted by Crippen LogP contribution is -2.04. The molecule has 1 atom stereocenters. The van der Waals surface area contributed by atoms with Crippen LogP contribution >= 0.6 is 11.3 Å². The van der Waals surface area contributed by atoms with Gasteiger partial charge in [-0.05, 0) is 0 Å². The molecule has 0 amide bonds. The van der Waals surface area contributed by atoms with E-state index in [0.717, 1.165) is 0 Å². The van der Waals surface area contributed by atoms with E-state index in [1.54, 1.807) is 11.6 Å². The van der Waals surface area contributed by atoms with Gasteiger partial charge >= 0.3 is 0 Å². The Hall–Kier alpha value is -0.970. The molecule has 0 saturated carbocycles. The lowest BCUT2D eigenvalue weighted by molar-refractivity contribution is -0.524. The van der Waals surface area contributed by atoms with Crippen molar-refractivity contribution >= 4 is 11.3 Å². The number of rotatable bonds is 2. The molecule has 0 N–H and O–H groups in total. The van der Waals surface area contributed by atoms with Crippen LogP contribution in [0.15, 0.2) is 11.6 Å². The average Bonchev–Trinajstić information content (AvgIpc) is 2.36. The minimum Gasteiger partial charge on any atom is -0.264 e. The highest BCUT2D eigenvalue weighted by Crippen LogP contribution is 2.16. The number of hydrogen-bond acceptors (Lipinski definition) is 4. The van der Waals surface area contributed by atoms with Crippen molar-refractivity contribution in [3.63, 3.8) is 0 Å². The first kappa shape index (κ1) is 7.14. The second kappa shape index (κ2) is 2.74. The molecule has 5 heteroatoms. The van der Waals surface area contributed by atoms with E-state index in [9.17, 15) is 10.1 Å². The maximum Gasteiger partial charge on any atom is 0.261 e. The zero-order valence-corrected chi connectivity index (χ0v) is 6.17. The van der Waals surface area contributed by atoms with Crippen LogP contribution in [-0.4, -0.2) is 9.91 Å². The van der Waals surface area contributed by atoms with E-state index in [1.165, 1.54) is 18.3 Å². The summed E-state index contributed by atoms with van der Waals surface area (Å²) in [5, 5.41) is 12.5. The Morgan fingerprint density at radius 2 is 2.60 bits per heavy atom. The van der Waals surface area contributed by atoms with Crippen molar-refractivity contribution in [3.05, 3.63) is 26.7 Å². The molecule has 1 aromatic rings. The van der Waals surface area contributed by atoms with Gasteiger partial charge in [0.15, 0.2) is 5.01 Å². The number of hydrogen-bond donors (Lipinski definition) is 0. The van der Waals surface area contributed by atoms with Crippen LogP contribution in [0.25, 0.3) is 0 Å². The zero-order chi connectivity index (χ0) is 7.56. The van der Waals surface area contributed by atoms with Gasteiger partial charge in [-0.3, -0.25) is 10.1 Å². The van der Waals surface area contributed by atoms with E-state index >= 15 is 0 Å². The van der Waals surface area contributed by atoms with Crippen LogP contribution in [0.2, 0.25) is 0 Å². The first-order valence-electron chi connectivity index (χ1n) is 2.74. The molecule has 0 radical (unpaired) electrons. The second-order valence-corrected chi connectivity index (χ2v) is 2.76. The van der Waals surface area contributed by atoms with Gasteiger partial charge in [-0.25, -0.2) is 4.98 Å². The van der Waals surface area contributed by atoms with Crippen LogP contribution < -0.4 is 0 Å². The van der Waals surface area contributed by atoms with Crippen molar-refractivity contribution in [1.29, 1.82) is 0 Å². The molecule has 10 heavy (non-hydrogen) atoms. The molecule has 0 aliphatic heterocycles. The fourth-order valence-corrected chi connectivity index (χ4v) is 1.20. The van der Waals surface area contributed by atoms with Crippen molar-refractivity contribution in [2.45, 2.75) is 13.0 Å². The monoisotopic (exact) mass is 158 g/mol. The van der Waals surface area contributed by atoms with E-state index in [-0.39, 0.29) is 4.92 Å². The summed E-state index contributed by atoms with van der Waals surface area (Å²) in [6, 6.07) is -0.667. The number of aromatic nitrogens is 1. The maximum absolute atomic E-state index is 10.2. The van der Waals surface area contributed by atoms with Crippen molar-refractivity contribution in [2.24, 2.45) is 0 Å². The number of thiazole rings is 1. The topological polar surface area (TPSA) is 56.0 Å². The molecular weight excluding hydrogens is 152 g/mol. The fraction of sp³-hybridized carbons (Fsp3) is 0.400. The molecule has 1 unspecified atom stereocenters. The lowest BCUT2D eigenvalue weighted by Gasteiger charge is -1.95. The summed E-state index contributed by atoms with van der Waals surface area (Å²) in [5.41, 5.74) is 0. The standard InChI is InChI=1S/C5H6N2O2S/c1-4(7(8)9)5-6-2-3-10-5/h2-4H,1H3. The molecule has 4 nitrogen and oxygen atoms in total. The van der Waals surface area contributed by atoms with Crippen LogP contribution in [0.3, 0.4) is 0 Å². The molecule has 0 bridgehead atoms. The zero-order valence-electron chi connectivity index (χ0n) is 5.35. The summed E-state index contributed by atoms with van der Waals surface area (Å²) < 4.78 is 0. The summed E-state index contributed by atoms with van der Waals surface area (Å²) in [4.78, 5) is 13.6. The van der Waals surface area contributed by atoms with Crippen LogP contribution in [0.1, 0.15) is 18.0 Å². The largest absolute Gasteiger partial charge is 0.264 e. The van der Waals surface area contributed by atoms with Crippen molar-refractivity contribution in [2.75, 3.05) is 0 Å². The van der Waals surface area contributed by atoms with E-state index in [0.29, 0.717) is 5.01 Å². The Morgan fingerprint density at radius 3 is 3.00 bits per heavy atom.